The molecule has 0 atom stereocenters. The molecule has 0 amide bonds. The third kappa shape index (κ3) is 3.26. The van der Waals surface area contributed by atoms with Gasteiger partial charge < -0.3 is 5.32 Å². The van der Waals surface area contributed by atoms with Gasteiger partial charge in [0.15, 0.2) is 0 Å². The van der Waals surface area contributed by atoms with Gasteiger partial charge in [0, 0.05) is 12.4 Å². The van der Waals surface area contributed by atoms with Crippen LogP contribution in [0.15, 0.2) is 30.4 Å². The highest BCUT2D eigenvalue weighted by atomic mass is 35.5. The highest BCUT2D eigenvalue weighted by Crippen LogP contribution is 2.17. The largest absolute Gasteiger partial charge is 0.380 e. The molecule has 15 heavy (non-hydrogen) atoms. The molecule has 1 N–H and O–H groups in total. The zero-order valence-corrected chi connectivity index (χ0v) is 8.76. The normalized spacial score (nSPS) is 10.2. The van der Waals surface area contributed by atoms with Crippen LogP contribution in [-0.4, -0.2) is 12.4 Å². The second-order valence-electron chi connectivity index (χ2n) is 2.78. The zero-order chi connectivity index (χ0) is 11.1. The van der Waals surface area contributed by atoms with Crippen LogP contribution in [0, 0.1) is 17.1 Å². The van der Waals surface area contributed by atoms with E-state index in [4.69, 9.17) is 16.9 Å². The lowest BCUT2D eigenvalue weighted by molar-refractivity contribution is 0.624. The van der Waals surface area contributed by atoms with E-state index in [1.165, 1.54) is 6.07 Å². The summed E-state index contributed by atoms with van der Waals surface area (Å²) in [5.41, 5.74) is 0.536. The van der Waals surface area contributed by atoms with Crippen LogP contribution in [0.3, 0.4) is 0 Å². The molecule has 0 aromatic heterocycles. The summed E-state index contributed by atoms with van der Waals surface area (Å²) in [6.45, 7) is 0.519. The van der Waals surface area contributed by atoms with Gasteiger partial charge >= 0.3 is 0 Å². The molecule has 78 valence electrons. The number of rotatable bonds is 4. The van der Waals surface area contributed by atoms with E-state index in [0.29, 0.717) is 18.1 Å². The lowest BCUT2D eigenvalue weighted by Crippen LogP contribution is -2.01. The Morgan fingerprint density at radius 2 is 2.27 bits per heavy atom. The van der Waals surface area contributed by atoms with E-state index in [9.17, 15) is 4.39 Å². The first-order chi connectivity index (χ1) is 7.29. The van der Waals surface area contributed by atoms with Crippen molar-refractivity contribution in [2.45, 2.75) is 0 Å². The molecule has 0 fully saturated rings. The van der Waals surface area contributed by atoms with E-state index < -0.39 is 5.82 Å². The van der Waals surface area contributed by atoms with Crippen LogP contribution in [0.4, 0.5) is 10.1 Å². The van der Waals surface area contributed by atoms with Gasteiger partial charge in [-0.15, -0.1) is 11.6 Å². The van der Waals surface area contributed by atoms with Crippen molar-refractivity contribution < 1.29 is 4.39 Å². The lowest BCUT2D eigenvalue weighted by atomic mass is 10.2. The maximum atomic E-state index is 13.1. The van der Waals surface area contributed by atoms with Gasteiger partial charge in [0.2, 0.25) is 0 Å². The molecule has 1 rings (SSSR count). The molecule has 0 spiro atoms. The summed E-state index contributed by atoms with van der Waals surface area (Å²) >= 11 is 5.44. The summed E-state index contributed by atoms with van der Waals surface area (Å²) < 4.78 is 13.1. The number of allylic oxidation sites excluding steroid dienone is 1. The fourth-order valence-electron chi connectivity index (χ4n) is 1.10. The number of hydrogen-bond acceptors (Lipinski definition) is 2. The summed E-state index contributed by atoms with van der Waals surface area (Å²) in [4.78, 5) is 0. The summed E-state index contributed by atoms with van der Waals surface area (Å²) in [6.07, 6.45) is 3.60. The molecule has 0 aliphatic rings. The third-order valence-corrected chi connectivity index (χ3v) is 1.97. The Kier molecular flexibility index (Phi) is 4.65. The lowest BCUT2D eigenvalue weighted by Gasteiger charge is -2.05. The molecule has 0 saturated heterocycles. The van der Waals surface area contributed by atoms with Gasteiger partial charge in [-0.05, 0) is 12.1 Å². The molecule has 4 heteroatoms. The first kappa shape index (κ1) is 11.5. The molecule has 2 nitrogen and oxygen atoms in total. The van der Waals surface area contributed by atoms with Crippen molar-refractivity contribution in [3.63, 3.8) is 0 Å². The van der Waals surface area contributed by atoms with Crippen molar-refractivity contribution in [3.05, 3.63) is 41.7 Å². The topological polar surface area (TPSA) is 35.8 Å². The predicted octanol–water partition coefficient (Wildman–Crippen LogP) is 2.90. The fraction of sp³-hybridized carbons (Fsp3) is 0.182. The average molecular weight is 225 g/mol. The Morgan fingerprint density at radius 3 is 2.93 bits per heavy atom. The van der Waals surface area contributed by atoms with Gasteiger partial charge in [0.1, 0.15) is 17.4 Å². The van der Waals surface area contributed by atoms with Gasteiger partial charge in [-0.2, -0.15) is 5.26 Å². The summed E-state index contributed by atoms with van der Waals surface area (Å²) in [5, 5.41) is 11.7. The maximum absolute atomic E-state index is 13.1. The fourth-order valence-corrected chi connectivity index (χ4v) is 1.23. The van der Waals surface area contributed by atoms with Crippen LogP contribution >= 0.6 is 11.6 Å². The number of nitrogens with zero attached hydrogens (tertiary/aromatic N) is 1. The van der Waals surface area contributed by atoms with E-state index in [0.717, 1.165) is 0 Å². The highest BCUT2D eigenvalue weighted by Gasteiger charge is 2.05. The monoisotopic (exact) mass is 224 g/mol. The summed E-state index contributed by atoms with van der Waals surface area (Å²) in [6, 6.07) is 6.30. The van der Waals surface area contributed by atoms with E-state index in [-0.39, 0.29) is 5.56 Å². The van der Waals surface area contributed by atoms with E-state index >= 15 is 0 Å². The molecule has 0 bridgehead atoms. The van der Waals surface area contributed by atoms with Crippen molar-refractivity contribution in [1.29, 1.82) is 5.26 Å². The van der Waals surface area contributed by atoms with Crippen molar-refractivity contribution in [1.82, 2.24) is 0 Å². The van der Waals surface area contributed by atoms with Gasteiger partial charge in [0.05, 0.1) is 5.69 Å². The predicted molar refractivity (Wildman–Crippen MR) is 59.5 cm³/mol. The highest BCUT2D eigenvalue weighted by molar-refractivity contribution is 6.18. The second-order valence-corrected chi connectivity index (χ2v) is 3.09. The zero-order valence-electron chi connectivity index (χ0n) is 8.00. The minimum atomic E-state index is -0.510. The van der Waals surface area contributed by atoms with Crippen molar-refractivity contribution in [2.75, 3.05) is 17.7 Å². The smallest absolute Gasteiger partial charge is 0.143 e. The van der Waals surface area contributed by atoms with Crippen LogP contribution in [0.5, 0.6) is 0 Å². The number of benzene rings is 1. The minimum absolute atomic E-state index is 0.0387. The molecular weight excluding hydrogens is 215 g/mol. The third-order valence-electron chi connectivity index (χ3n) is 1.79. The Bertz CT molecular complexity index is 396. The van der Waals surface area contributed by atoms with Gasteiger partial charge in [-0.3, -0.25) is 0 Å². The number of nitrogens with one attached hydrogen (secondary N) is 1. The minimum Gasteiger partial charge on any atom is -0.380 e. The number of hydrogen-bond donors (Lipinski definition) is 1. The van der Waals surface area contributed by atoms with Crippen molar-refractivity contribution in [2.24, 2.45) is 0 Å². The average Bonchev–Trinajstić information content (AvgIpc) is 2.24. The van der Waals surface area contributed by atoms with E-state index in [1.807, 2.05) is 12.1 Å². The quantitative estimate of drug-likeness (QED) is 0.631. The molecule has 1 aromatic rings. The Labute approximate surface area is 93.0 Å². The van der Waals surface area contributed by atoms with Crippen LogP contribution < -0.4 is 5.32 Å². The van der Waals surface area contributed by atoms with Crippen molar-refractivity contribution in [3.8, 4) is 6.07 Å². The standard InChI is InChI=1S/C11H10ClFN2/c12-6-1-2-7-15-11-5-3-4-10(13)9(11)8-14/h1-5,15H,6-7H2/b2-1+. The van der Waals surface area contributed by atoms with Crippen LogP contribution in [0.1, 0.15) is 5.56 Å². The van der Waals surface area contributed by atoms with Crippen LogP contribution in [0.2, 0.25) is 0 Å². The number of anilines is 1. The molecule has 0 saturated carbocycles. The van der Waals surface area contributed by atoms with E-state index in [1.54, 1.807) is 18.2 Å². The molecule has 0 radical (unpaired) electrons. The molecule has 0 aliphatic heterocycles. The summed E-state index contributed by atoms with van der Waals surface area (Å²) in [5.74, 6) is -0.0699. The number of nitriles is 1. The van der Waals surface area contributed by atoms with Crippen LogP contribution in [0.25, 0.3) is 0 Å². The Balaban J connectivity index is 2.73. The van der Waals surface area contributed by atoms with Gasteiger partial charge in [0.25, 0.3) is 0 Å². The molecular formula is C11H10ClFN2. The second kappa shape index (κ2) is 6.05. The SMILES string of the molecule is N#Cc1c(F)cccc1NC/C=C/CCl. The number of halogens is 2. The van der Waals surface area contributed by atoms with Gasteiger partial charge in [-0.1, -0.05) is 18.2 Å². The van der Waals surface area contributed by atoms with Crippen molar-refractivity contribution >= 4 is 17.3 Å². The molecule has 1 aromatic carbocycles. The maximum Gasteiger partial charge on any atom is 0.143 e. The number of alkyl halides is 1. The molecule has 0 aliphatic carbocycles. The molecule has 0 heterocycles. The first-order valence-electron chi connectivity index (χ1n) is 4.43. The Hall–Kier alpha value is -1.53. The molecule has 0 unspecified atom stereocenters. The van der Waals surface area contributed by atoms with Crippen LogP contribution in [-0.2, 0) is 0 Å². The Morgan fingerprint density at radius 1 is 1.47 bits per heavy atom. The van der Waals surface area contributed by atoms with Gasteiger partial charge in [-0.25, -0.2) is 4.39 Å². The van der Waals surface area contributed by atoms with E-state index in [2.05, 4.69) is 5.32 Å². The summed E-state index contributed by atoms with van der Waals surface area (Å²) in [7, 11) is 0. The first-order valence-corrected chi connectivity index (χ1v) is 4.96.